The minimum atomic E-state index is -4.78. The van der Waals surface area contributed by atoms with Gasteiger partial charge in [0.25, 0.3) is 0 Å². The van der Waals surface area contributed by atoms with Crippen molar-refractivity contribution in [3.63, 3.8) is 0 Å². The average Bonchev–Trinajstić information content (AvgIpc) is 3.35. The normalized spacial score (nSPS) is 19.7. The first kappa shape index (κ1) is 43.3. The monoisotopic (exact) mass is 786 g/mol. The topological polar surface area (TPSA) is 33.7 Å². The fourth-order valence-electron chi connectivity index (χ4n) is 8.76. The van der Waals surface area contributed by atoms with Crippen molar-refractivity contribution in [3.05, 3.63) is 101 Å². The maximum Gasteiger partial charge on any atom is 0.573 e. The van der Waals surface area contributed by atoms with E-state index in [1.165, 1.54) is 82.4 Å². The molecule has 1 N–H and O–H groups in total. The summed E-state index contributed by atoms with van der Waals surface area (Å²) < 4.78 is 90.8. The maximum atomic E-state index is 13.8. The molecule has 2 aromatic carbocycles. The number of methoxy groups -OCH3 is 1. The Bertz CT molecular complexity index is 1720. The van der Waals surface area contributed by atoms with Gasteiger partial charge in [0.1, 0.15) is 11.5 Å². The van der Waals surface area contributed by atoms with Crippen LogP contribution in [0.5, 0.6) is 5.75 Å². The molecule has 5 rings (SSSR count). The first-order chi connectivity index (χ1) is 26.5. The van der Waals surface area contributed by atoms with E-state index in [1.54, 1.807) is 19.2 Å². The van der Waals surface area contributed by atoms with Crippen LogP contribution >= 0.6 is 0 Å². The van der Waals surface area contributed by atoms with Gasteiger partial charge >= 0.3 is 12.5 Å². The van der Waals surface area contributed by atoms with Crippen LogP contribution in [-0.2, 0) is 21.7 Å². The fraction of sp³-hybridized carbons (Fsp3) is 0.565. The largest absolute Gasteiger partial charge is 0.573 e. The SMILES string of the molecule is COC(=C\C=C\CC(C)(C)c1cc(C(F)(F)F)ccc1NCCC1CCCCC1)/C=C/C=C1/N(CCC2CCCCC2)c2ccc(OC(F)(F)F)cc2C1(C)C. The Morgan fingerprint density at radius 2 is 1.52 bits per heavy atom. The van der Waals surface area contributed by atoms with E-state index >= 15 is 0 Å². The lowest BCUT2D eigenvalue weighted by atomic mass is 9.79. The molecule has 0 saturated heterocycles. The summed E-state index contributed by atoms with van der Waals surface area (Å²) in [4.78, 5) is 2.23. The van der Waals surface area contributed by atoms with E-state index < -0.39 is 28.9 Å². The zero-order valence-electron chi connectivity index (χ0n) is 33.7. The molecule has 2 fully saturated rings. The third-order valence-corrected chi connectivity index (χ3v) is 12.0. The van der Waals surface area contributed by atoms with E-state index in [-0.39, 0.29) is 5.75 Å². The molecule has 0 amide bonds. The molecule has 56 heavy (non-hydrogen) atoms. The molecule has 0 aromatic heterocycles. The average molecular weight is 787 g/mol. The molecule has 3 aliphatic rings. The minimum absolute atomic E-state index is 0.233. The van der Waals surface area contributed by atoms with Gasteiger partial charge in [-0.25, -0.2) is 0 Å². The molecule has 10 heteroatoms. The number of rotatable bonds is 15. The molecule has 2 aromatic rings. The Balaban J connectivity index is 1.31. The van der Waals surface area contributed by atoms with E-state index in [0.717, 1.165) is 54.6 Å². The number of alkyl halides is 6. The van der Waals surface area contributed by atoms with Gasteiger partial charge in [0, 0.05) is 35.6 Å². The molecule has 0 atom stereocenters. The lowest BCUT2D eigenvalue weighted by Crippen LogP contribution is -2.28. The standard InChI is InChI=1S/C46H60F6N2O2/c1-43(2,38-31-35(45(47,48)49)22-24-40(38)53-29-26-33-15-8-6-9-16-33)28-13-12-19-36(55-5)20-14-21-42-44(3,4)39-32-37(56-46(50,51)52)23-25-41(39)54(42)30-27-34-17-10-7-11-18-34/h12-14,19-25,31-34,53H,6-11,15-18,26-30H2,1-5H3/b13-12+,20-14+,36-19-,42-21+. The van der Waals surface area contributed by atoms with E-state index in [4.69, 9.17) is 4.74 Å². The lowest BCUT2D eigenvalue weighted by molar-refractivity contribution is -0.274. The highest BCUT2D eigenvalue weighted by Crippen LogP contribution is 2.50. The summed E-state index contributed by atoms with van der Waals surface area (Å²) in [6.07, 6.45) is 17.0. The Hall–Kier alpha value is -3.82. The Labute approximate surface area is 330 Å². The zero-order chi connectivity index (χ0) is 40.6. The van der Waals surface area contributed by atoms with Gasteiger partial charge < -0.3 is 19.7 Å². The summed E-state index contributed by atoms with van der Waals surface area (Å²) in [5.41, 5.74) is 2.17. The van der Waals surface area contributed by atoms with Crippen molar-refractivity contribution in [2.75, 3.05) is 30.4 Å². The molecule has 0 radical (unpaired) electrons. The summed E-state index contributed by atoms with van der Waals surface area (Å²) >= 11 is 0. The van der Waals surface area contributed by atoms with Gasteiger partial charge in [-0.05, 0) is 102 Å². The van der Waals surface area contributed by atoms with Crippen molar-refractivity contribution in [3.8, 4) is 5.75 Å². The second-order valence-electron chi connectivity index (χ2n) is 17.0. The highest BCUT2D eigenvalue weighted by Gasteiger charge is 2.41. The van der Waals surface area contributed by atoms with E-state index in [2.05, 4.69) is 15.0 Å². The number of halogens is 6. The third-order valence-electron chi connectivity index (χ3n) is 12.0. The zero-order valence-corrected chi connectivity index (χ0v) is 33.7. The summed E-state index contributed by atoms with van der Waals surface area (Å²) in [7, 11) is 1.57. The third kappa shape index (κ3) is 11.6. The van der Waals surface area contributed by atoms with Crippen molar-refractivity contribution in [1.29, 1.82) is 0 Å². The van der Waals surface area contributed by atoms with E-state index in [0.29, 0.717) is 29.6 Å². The Morgan fingerprint density at radius 1 is 0.857 bits per heavy atom. The number of fused-ring (bicyclic) bond motifs is 1. The molecule has 1 aliphatic heterocycles. The van der Waals surface area contributed by atoms with Crippen molar-refractivity contribution in [2.45, 2.75) is 135 Å². The van der Waals surface area contributed by atoms with Gasteiger partial charge in [-0.3, -0.25) is 0 Å². The number of anilines is 2. The van der Waals surface area contributed by atoms with Crippen molar-refractivity contribution in [2.24, 2.45) is 11.8 Å². The van der Waals surface area contributed by atoms with Crippen LogP contribution in [0.1, 0.15) is 128 Å². The quantitative estimate of drug-likeness (QED) is 0.111. The van der Waals surface area contributed by atoms with Gasteiger partial charge in [0.05, 0.1) is 12.7 Å². The van der Waals surface area contributed by atoms with Crippen LogP contribution in [-0.4, -0.2) is 26.6 Å². The molecule has 308 valence electrons. The highest BCUT2D eigenvalue weighted by molar-refractivity contribution is 5.72. The summed E-state index contributed by atoms with van der Waals surface area (Å²) in [5.74, 6) is 1.63. The lowest BCUT2D eigenvalue weighted by Gasteiger charge is -2.29. The molecule has 0 unspecified atom stereocenters. The van der Waals surface area contributed by atoms with Gasteiger partial charge in [-0.2, -0.15) is 13.2 Å². The molecular formula is C46H60F6N2O2. The van der Waals surface area contributed by atoms with E-state index in [1.807, 2.05) is 64.2 Å². The van der Waals surface area contributed by atoms with Crippen LogP contribution in [0.3, 0.4) is 0 Å². The van der Waals surface area contributed by atoms with Crippen LogP contribution < -0.4 is 15.0 Å². The van der Waals surface area contributed by atoms with Crippen LogP contribution in [0.25, 0.3) is 0 Å². The number of allylic oxidation sites excluding steroid dienone is 7. The molecular weight excluding hydrogens is 727 g/mol. The second-order valence-corrected chi connectivity index (χ2v) is 17.0. The van der Waals surface area contributed by atoms with Crippen LogP contribution in [0.15, 0.2) is 84.3 Å². The number of hydrogen-bond donors (Lipinski definition) is 1. The number of nitrogens with zero attached hydrogens (tertiary/aromatic N) is 1. The minimum Gasteiger partial charge on any atom is -0.497 e. The van der Waals surface area contributed by atoms with Crippen molar-refractivity contribution < 1.29 is 35.8 Å². The smallest absolute Gasteiger partial charge is 0.497 e. The molecule has 2 saturated carbocycles. The van der Waals surface area contributed by atoms with Crippen molar-refractivity contribution in [1.82, 2.24) is 0 Å². The van der Waals surface area contributed by atoms with Gasteiger partial charge in [0.2, 0.25) is 0 Å². The first-order valence-corrected chi connectivity index (χ1v) is 20.4. The maximum absolute atomic E-state index is 13.8. The van der Waals surface area contributed by atoms with Crippen LogP contribution in [0, 0.1) is 11.8 Å². The van der Waals surface area contributed by atoms with Crippen molar-refractivity contribution >= 4 is 11.4 Å². The fourth-order valence-corrected chi connectivity index (χ4v) is 8.76. The predicted octanol–water partition coefficient (Wildman–Crippen LogP) is 13.9. The highest BCUT2D eigenvalue weighted by atomic mass is 19.4. The molecule has 0 spiro atoms. The Morgan fingerprint density at radius 3 is 2.14 bits per heavy atom. The van der Waals surface area contributed by atoms with E-state index in [9.17, 15) is 26.3 Å². The second kappa shape index (κ2) is 18.6. The molecule has 1 heterocycles. The van der Waals surface area contributed by atoms with Gasteiger partial charge in [-0.15, -0.1) is 13.2 Å². The molecule has 4 nitrogen and oxygen atoms in total. The summed E-state index contributed by atoms with van der Waals surface area (Å²) in [6, 6.07) is 8.64. The van der Waals surface area contributed by atoms with Crippen LogP contribution in [0.2, 0.25) is 0 Å². The summed E-state index contributed by atoms with van der Waals surface area (Å²) in [5, 5.41) is 3.47. The van der Waals surface area contributed by atoms with Gasteiger partial charge in [-0.1, -0.05) is 110 Å². The first-order valence-electron chi connectivity index (χ1n) is 20.4. The number of nitrogens with one attached hydrogen (secondary N) is 1. The number of hydrogen-bond acceptors (Lipinski definition) is 4. The number of ether oxygens (including phenoxy) is 2. The number of benzene rings is 2. The molecule has 2 aliphatic carbocycles. The molecule has 0 bridgehead atoms. The summed E-state index contributed by atoms with van der Waals surface area (Å²) in [6.45, 7) is 9.45. The predicted molar refractivity (Wildman–Crippen MR) is 215 cm³/mol. The van der Waals surface area contributed by atoms with Crippen LogP contribution in [0.4, 0.5) is 37.7 Å². The van der Waals surface area contributed by atoms with Gasteiger partial charge in [0.15, 0.2) is 0 Å². The Kier molecular flexibility index (Phi) is 14.4.